The molecule has 2 aromatic rings. The molecule has 0 fully saturated rings. The molecular weight excluding hydrogens is 368 g/mol. The molecule has 0 amide bonds. The van der Waals surface area contributed by atoms with E-state index in [9.17, 15) is 0 Å². The van der Waals surface area contributed by atoms with Crippen molar-refractivity contribution in [3.63, 3.8) is 0 Å². The van der Waals surface area contributed by atoms with Crippen LogP contribution in [0.5, 0.6) is 0 Å². The summed E-state index contributed by atoms with van der Waals surface area (Å²) in [6, 6.07) is 9.65. The first-order valence-electron chi connectivity index (χ1n) is 10.6. The fourth-order valence-corrected chi connectivity index (χ4v) is 20.1. The Morgan fingerprint density at radius 1 is 0.500 bits per heavy atom. The topological polar surface area (TPSA) is 0 Å². The fourth-order valence-electron chi connectivity index (χ4n) is 5.40. The van der Waals surface area contributed by atoms with Crippen LogP contribution in [0.2, 0.25) is 10.1 Å². The van der Waals surface area contributed by atoms with Crippen LogP contribution in [0.1, 0.15) is 74.9 Å². The SMILES string of the molecule is Cc1cc(C)c([Si](c2c(C)cc(C)cc2C)=[Si](C(C)(C)C)C(C)(C)C)c(C)c1. The van der Waals surface area contributed by atoms with Crippen molar-refractivity contribution in [1.82, 2.24) is 0 Å². The largest absolute Gasteiger partial charge is 0.0601 e. The van der Waals surface area contributed by atoms with Gasteiger partial charge in [0.05, 0.1) is 7.89 Å². The molecule has 0 aliphatic rings. The van der Waals surface area contributed by atoms with E-state index < -0.39 is 15.8 Å². The van der Waals surface area contributed by atoms with Gasteiger partial charge >= 0.3 is 0 Å². The Morgan fingerprint density at radius 3 is 0.964 bits per heavy atom. The minimum absolute atomic E-state index is 0.338. The van der Waals surface area contributed by atoms with Gasteiger partial charge in [-0.2, -0.15) is 0 Å². The zero-order valence-corrected chi connectivity index (χ0v) is 22.3. The van der Waals surface area contributed by atoms with Gasteiger partial charge in [0.1, 0.15) is 0 Å². The molecule has 0 aliphatic carbocycles. The third kappa shape index (κ3) is 4.71. The Labute approximate surface area is 176 Å². The molecule has 0 bridgehead atoms. The van der Waals surface area contributed by atoms with Crippen LogP contribution >= 0.6 is 0 Å². The molecule has 0 spiro atoms. The lowest BCUT2D eigenvalue weighted by Gasteiger charge is -2.37. The number of hydrogen-bond acceptors (Lipinski definition) is 0. The molecule has 2 aromatic carbocycles. The Morgan fingerprint density at radius 2 is 0.750 bits per heavy atom. The quantitative estimate of drug-likeness (QED) is 0.510. The molecule has 0 saturated carbocycles. The minimum atomic E-state index is -0.904. The van der Waals surface area contributed by atoms with E-state index in [1.807, 2.05) is 0 Å². The third-order valence-electron chi connectivity index (χ3n) is 5.60. The summed E-state index contributed by atoms with van der Waals surface area (Å²) in [5.41, 5.74) is 8.78. The molecule has 2 rings (SSSR count). The third-order valence-corrected chi connectivity index (χ3v) is 19.2. The lowest BCUT2D eigenvalue weighted by Crippen LogP contribution is -2.51. The highest BCUT2D eigenvalue weighted by atomic mass is 28.9. The number of benzene rings is 2. The summed E-state index contributed by atoms with van der Waals surface area (Å²) >= 11 is 0. The van der Waals surface area contributed by atoms with Gasteiger partial charge in [-0.25, -0.2) is 0 Å². The Bertz CT molecular complexity index is 810. The number of aryl methyl sites for hydroxylation is 6. The summed E-state index contributed by atoms with van der Waals surface area (Å²) < 4.78 is 0. The van der Waals surface area contributed by atoms with Gasteiger partial charge in [0.2, 0.25) is 0 Å². The number of hydrogen-bond donors (Lipinski definition) is 0. The molecule has 0 N–H and O–H groups in total. The molecule has 0 aromatic heterocycles. The first kappa shape index (κ1) is 23.2. The van der Waals surface area contributed by atoms with Crippen LogP contribution in [0, 0.1) is 41.5 Å². The van der Waals surface area contributed by atoms with Crippen LogP contribution in [-0.2, 0) is 0 Å². The molecular formula is C26H40Si2. The van der Waals surface area contributed by atoms with Crippen LogP contribution < -0.4 is 10.4 Å². The summed E-state index contributed by atoms with van der Waals surface area (Å²) in [4.78, 5) is 0. The standard InChI is InChI=1S/C26H40Si2/c1-17-13-19(3)23(20(4)14-17)27(28(25(7,8)9)26(10,11)12)24-21(5)15-18(2)16-22(24)6/h13-16H,1-12H3. The average molecular weight is 409 g/mol. The maximum Gasteiger partial charge on any atom is 0.0601 e. The fraction of sp³-hybridized carbons (Fsp3) is 0.538. The van der Waals surface area contributed by atoms with E-state index in [0.717, 1.165) is 0 Å². The van der Waals surface area contributed by atoms with E-state index in [4.69, 9.17) is 0 Å². The van der Waals surface area contributed by atoms with Gasteiger partial charge in [0.15, 0.2) is 0 Å². The molecule has 2 heteroatoms. The summed E-state index contributed by atoms with van der Waals surface area (Å²) in [6.07, 6.45) is 0. The van der Waals surface area contributed by atoms with Crippen molar-refractivity contribution in [2.24, 2.45) is 0 Å². The zero-order valence-electron chi connectivity index (χ0n) is 20.3. The first-order chi connectivity index (χ1) is 12.6. The first-order valence-corrected chi connectivity index (χ1v) is 14.6. The van der Waals surface area contributed by atoms with Crippen LogP contribution in [0.4, 0.5) is 0 Å². The molecule has 0 saturated heterocycles. The normalized spacial score (nSPS) is 12.3. The van der Waals surface area contributed by atoms with Crippen LogP contribution in [0.15, 0.2) is 24.3 Å². The highest BCUT2D eigenvalue weighted by molar-refractivity contribution is 7.12. The second-order valence-corrected chi connectivity index (χ2v) is 19.3. The summed E-state index contributed by atoms with van der Waals surface area (Å²) in [7, 11) is -1.64. The summed E-state index contributed by atoms with van der Waals surface area (Å²) in [5.74, 6) is 0. The second kappa shape index (κ2) is 7.95. The van der Waals surface area contributed by atoms with Crippen LogP contribution in [0.25, 0.3) is 0 Å². The Kier molecular flexibility index (Phi) is 6.57. The Hall–Kier alpha value is -1.13. The highest BCUT2D eigenvalue weighted by Crippen LogP contribution is 2.38. The van der Waals surface area contributed by atoms with Gasteiger partial charge in [-0.05, 0) is 84.2 Å². The van der Waals surface area contributed by atoms with Crippen molar-refractivity contribution in [3.05, 3.63) is 57.6 Å². The van der Waals surface area contributed by atoms with Crippen molar-refractivity contribution in [2.75, 3.05) is 0 Å². The van der Waals surface area contributed by atoms with E-state index in [0.29, 0.717) is 10.1 Å². The molecule has 0 radical (unpaired) electrons. The Balaban J connectivity index is 3.17. The molecule has 0 unspecified atom stereocenters. The van der Waals surface area contributed by atoms with Gasteiger partial charge in [-0.15, -0.1) is 0 Å². The predicted octanol–water partition coefficient (Wildman–Crippen LogP) is 6.32. The smallest absolute Gasteiger partial charge is 0.0599 e. The zero-order chi connectivity index (χ0) is 21.6. The number of rotatable bonds is 2. The lowest BCUT2D eigenvalue weighted by molar-refractivity contribution is 0.664. The maximum absolute atomic E-state index is 2.49. The van der Waals surface area contributed by atoms with E-state index in [1.54, 1.807) is 10.4 Å². The van der Waals surface area contributed by atoms with Crippen molar-refractivity contribution < 1.29 is 0 Å². The van der Waals surface area contributed by atoms with Crippen molar-refractivity contribution >= 4 is 26.2 Å². The summed E-state index contributed by atoms with van der Waals surface area (Å²) in [5, 5.41) is 4.05. The van der Waals surface area contributed by atoms with Crippen molar-refractivity contribution in [1.29, 1.82) is 0 Å². The van der Waals surface area contributed by atoms with Gasteiger partial charge in [0.25, 0.3) is 0 Å². The average Bonchev–Trinajstić information content (AvgIpc) is 2.41. The molecule has 0 aliphatic heterocycles. The molecule has 152 valence electrons. The molecule has 0 atom stereocenters. The second-order valence-electron chi connectivity index (χ2n) is 10.8. The van der Waals surface area contributed by atoms with E-state index in [2.05, 4.69) is 107 Å². The predicted molar refractivity (Wildman–Crippen MR) is 132 cm³/mol. The van der Waals surface area contributed by atoms with E-state index >= 15 is 0 Å². The maximum atomic E-state index is 2.49. The van der Waals surface area contributed by atoms with E-state index in [-0.39, 0.29) is 0 Å². The highest BCUT2D eigenvalue weighted by Gasteiger charge is 2.35. The summed E-state index contributed by atoms with van der Waals surface area (Å²) in [6.45, 7) is 28.8. The lowest BCUT2D eigenvalue weighted by atomic mass is 10.1. The molecule has 28 heavy (non-hydrogen) atoms. The molecule has 0 nitrogen and oxygen atoms in total. The monoisotopic (exact) mass is 408 g/mol. The van der Waals surface area contributed by atoms with Gasteiger partial charge in [-0.1, -0.05) is 76.9 Å². The molecule has 0 heterocycles. The van der Waals surface area contributed by atoms with Crippen LogP contribution in [0.3, 0.4) is 0 Å². The van der Waals surface area contributed by atoms with Crippen LogP contribution in [-0.4, -0.2) is 15.8 Å². The van der Waals surface area contributed by atoms with Gasteiger partial charge < -0.3 is 0 Å². The van der Waals surface area contributed by atoms with Gasteiger partial charge in [0, 0.05) is 7.89 Å². The van der Waals surface area contributed by atoms with E-state index in [1.165, 1.54) is 33.4 Å². The van der Waals surface area contributed by atoms with Crippen molar-refractivity contribution in [3.8, 4) is 0 Å². The van der Waals surface area contributed by atoms with Crippen molar-refractivity contribution in [2.45, 2.75) is 93.2 Å². The minimum Gasteiger partial charge on any atom is -0.0599 e. The van der Waals surface area contributed by atoms with Gasteiger partial charge in [-0.3, -0.25) is 0 Å².